The van der Waals surface area contributed by atoms with Gasteiger partial charge >= 0.3 is 12.1 Å². The van der Waals surface area contributed by atoms with Crippen molar-refractivity contribution in [3.8, 4) is 5.75 Å². The minimum Gasteiger partial charge on any atom is -0.486 e. The van der Waals surface area contributed by atoms with E-state index in [-0.39, 0.29) is 11.3 Å². The van der Waals surface area contributed by atoms with Crippen LogP contribution in [0.25, 0.3) is 11.0 Å². The molecule has 0 aliphatic heterocycles. The minimum atomic E-state index is -4.52. The second-order valence-corrected chi connectivity index (χ2v) is 6.41. The predicted octanol–water partition coefficient (Wildman–Crippen LogP) is 4.92. The maximum Gasteiger partial charge on any atom is 0.433 e. The van der Waals surface area contributed by atoms with Crippen molar-refractivity contribution in [2.75, 3.05) is 0 Å². The number of carboxylic acid groups (broad SMARTS) is 1. The fraction of sp³-hybridized carbons (Fsp3) is 0.263. The Labute approximate surface area is 151 Å². The van der Waals surface area contributed by atoms with Crippen LogP contribution in [-0.2, 0) is 12.6 Å². The molecule has 0 fully saturated rings. The number of nitrogens with zero attached hydrogens (tertiary/aromatic N) is 1. The van der Waals surface area contributed by atoms with E-state index < -0.39 is 23.9 Å². The number of ether oxygens (including phenoxy) is 1. The Bertz CT molecular complexity index is 1060. The number of rotatable bonds is 3. The number of hydrogen-bond acceptors (Lipinski definition) is 4. The zero-order valence-electron chi connectivity index (χ0n) is 14.1. The number of aromatic nitrogens is 1. The number of furan rings is 1. The first-order valence-electron chi connectivity index (χ1n) is 8.23. The molecule has 0 spiro atoms. The molecule has 1 aromatic carbocycles. The zero-order chi connectivity index (χ0) is 19.3. The van der Waals surface area contributed by atoms with Crippen LogP contribution in [0.3, 0.4) is 0 Å². The molecule has 1 unspecified atom stereocenters. The van der Waals surface area contributed by atoms with Crippen LogP contribution in [0.2, 0.25) is 0 Å². The van der Waals surface area contributed by atoms with Crippen LogP contribution in [0, 0.1) is 6.92 Å². The summed E-state index contributed by atoms with van der Waals surface area (Å²) < 4.78 is 50.1. The van der Waals surface area contributed by atoms with Crippen molar-refractivity contribution in [3.05, 3.63) is 58.6 Å². The molecule has 1 aliphatic rings. The van der Waals surface area contributed by atoms with Crippen LogP contribution in [0.1, 0.15) is 45.5 Å². The van der Waals surface area contributed by atoms with Gasteiger partial charge in [0.1, 0.15) is 34.5 Å². The molecule has 1 atom stereocenters. The Morgan fingerprint density at radius 2 is 2.11 bits per heavy atom. The monoisotopic (exact) mass is 377 g/mol. The molecule has 0 saturated heterocycles. The van der Waals surface area contributed by atoms with Gasteiger partial charge in [-0.05, 0) is 55.2 Å². The molecule has 1 aliphatic carbocycles. The molecule has 140 valence electrons. The van der Waals surface area contributed by atoms with Gasteiger partial charge in [-0.15, -0.1) is 0 Å². The Kier molecular flexibility index (Phi) is 3.87. The number of benzene rings is 1. The van der Waals surface area contributed by atoms with Crippen LogP contribution in [0.4, 0.5) is 13.2 Å². The second-order valence-electron chi connectivity index (χ2n) is 6.41. The molecule has 0 radical (unpaired) electrons. The van der Waals surface area contributed by atoms with Crippen molar-refractivity contribution in [2.24, 2.45) is 0 Å². The summed E-state index contributed by atoms with van der Waals surface area (Å²) in [6.45, 7) is 1.56. The Hall–Kier alpha value is -3.03. The van der Waals surface area contributed by atoms with Crippen LogP contribution in [0.15, 0.2) is 34.9 Å². The van der Waals surface area contributed by atoms with Crippen LogP contribution in [0.5, 0.6) is 5.75 Å². The fourth-order valence-electron chi connectivity index (χ4n) is 3.43. The number of hydrogen-bond donors (Lipinski definition) is 1. The molecule has 5 nitrogen and oxygen atoms in total. The van der Waals surface area contributed by atoms with E-state index in [0.29, 0.717) is 35.1 Å². The summed E-state index contributed by atoms with van der Waals surface area (Å²) in [5.74, 6) is -0.466. The Morgan fingerprint density at radius 1 is 1.33 bits per heavy atom. The Balaban J connectivity index is 1.68. The normalized spacial score (nSPS) is 16.5. The summed E-state index contributed by atoms with van der Waals surface area (Å²) in [6, 6.07) is 5.77. The van der Waals surface area contributed by atoms with E-state index in [1.165, 1.54) is 6.20 Å². The highest BCUT2D eigenvalue weighted by Gasteiger charge is 2.35. The fourth-order valence-corrected chi connectivity index (χ4v) is 3.43. The van der Waals surface area contributed by atoms with E-state index in [0.717, 1.165) is 11.6 Å². The molecule has 1 N–H and O–H groups in total. The highest BCUT2D eigenvalue weighted by molar-refractivity contribution is 6.03. The van der Waals surface area contributed by atoms with Gasteiger partial charge in [-0.25, -0.2) is 4.79 Å². The van der Waals surface area contributed by atoms with Crippen molar-refractivity contribution in [2.45, 2.75) is 32.0 Å². The van der Waals surface area contributed by atoms with Crippen LogP contribution < -0.4 is 4.74 Å². The van der Waals surface area contributed by atoms with Gasteiger partial charge in [0.25, 0.3) is 0 Å². The molecular weight excluding hydrogens is 363 g/mol. The summed E-state index contributed by atoms with van der Waals surface area (Å²) in [7, 11) is 0. The van der Waals surface area contributed by atoms with Crippen molar-refractivity contribution >= 4 is 16.9 Å². The van der Waals surface area contributed by atoms with E-state index in [2.05, 4.69) is 4.98 Å². The van der Waals surface area contributed by atoms with Gasteiger partial charge in [0.2, 0.25) is 0 Å². The van der Waals surface area contributed by atoms with Gasteiger partial charge in [0.15, 0.2) is 0 Å². The lowest BCUT2D eigenvalue weighted by atomic mass is 10.1. The van der Waals surface area contributed by atoms with Crippen LogP contribution >= 0.6 is 0 Å². The van der Waals surface area contributed by atoms with Gasteiger partial charge < -0.3 is 14.3 Å². The molecule has 27 heavy (non-hydrogen) atoms. The molecule has 8 heteroatoms. The van der Waals surface area contributed by atoms with E-state index in [9.17, 15) is 23.1 Å². The van der Waals surface area contributed by atoms with E-state index in [1.807, 2.05) is 0 Å². The lowest BCUT2D eigenvalue weighted by molar-refractivity contribution is -0.141. The highest BCUT2D eigenvalue weighted by Crippen LogP contribution is 2.39. The number of carbonyl (C=O) groups is 1. The molecule has 2 aromatic heterocycles. The number of aryl methyl sites for hydroxylation is 2. The summed E-state index contributed by atoms with van der Waals surface area (Å²) in [6.07, 6.45) is -2.74. The van der Waals surface area contributed by atoms with Gasteiger partial charge in [-0.2, -0.15) is 13.2 Å². The molecular formula is C19H14F3NO4. The molecule has 0 amide bonds. The number of fused-ring (bicyclic) bond motifs is 2. The molecule has 4 rings (SSSR count). The maximum atomic E-state index is 12.9. The third-order valence-electron chi connectivity index (χ3n) is 4.66. The van der Waals surface area contributed by atoms with Gasteiger partial charge in [-0.3, -0.25) is 4.98 Å². The second kappa shape index (κ2) is 6.00. The standard InChI is InChI=1S/C19H14F3NO4/c1-9-17(18(24)25)13-6-11(3-5-15(13)26-9)27-14-4-2-10-8-23-16(7-12(10)14)19(20,21)22/h3,5-8,14H,2,4H2,1H3,(H,24,25). The van der Waals surface area contributed by atoms with Gasteiger partial charge in [0, 0.05) is 11.6 Å². The van der Waals surface area contributed by atoms with Crippen molar-refractivity contribution in [1.82, 2.24) is 4.98 Å². The summed E-state index contributed by atoms with van der Waals surface area (Å²) in [4.78, 5) is 14.9. The van der Waals surface area contributed by atoms with Gasteiger partial charge in [0.05, 0.1) is 0 Å². The number of aromatic carboxylic acids is 1. The zero-order valence-corrected chi connectivity index (χ0v) is 14.1. The first-order valence-corrected chi connectivity index (χ1v) is 8.23. The number of carboxylic acids is 1. The van der Waals surface area contributed by atoms with Crippen molar-refractivity contribution in [3.63, 3.8) is 0 Å². The topological polar surface area (TPSA) is 72.6 Å². The van der Waals surface area contributed by atoms with E-state index in [1.54, 1.807) is 25.1 Å². The highest BCUT2D eigenvalue weighted by atomic mass is 19.4. The number of pyridine rings is 1. The van der Waals surface area contributed by atoms with Crippen LogP contribution in [-0.4, -0.2) is 16.1 Å². The van der Waals surface area contributed by atoms with Gasteiger partial charge in [-0.1, -0.05) is 0 Å². The average Bonchev–Trinajstić information content (AvgIpc) is 3.13. The summed E-state index contributed by atoms with van der Waals surface area (Å²) >= 11 is 0. The van der Waals surface area contributed by atoms with E-state index in [4.69, 9.17) is 9.15 Å². The molecule has 2 heterocycles. The lowest BCUT2D eigenvalue weighted by Crippen LogP contribution is -2.10. The molecule has 0 saturated carbocycles. The molecule has 0 bridgehead atoms. The minimum absolute atomic E-state index is 0.0471. The number of alkyl halides is 3. The first-order chi connectivity index (χ1) is 12.7. The Morgan fingerprint density at radius 3 is 2.81 bits per heavy atom. The lowest BCUT2D eigenvalue weighted by Gasteiger charge is -2.16. The van der Waals surface area contributed by atoms with Crippen molar-refractivity contribution < 1.29 is 32.2 Å². The van der Waals surface area contributed by atoms with E-state index >= 15 is 0 Å². The average molecular weight is 377 g/mol. The number of halogens is 3. The first kappa shape index (κ1) is 17.4. The third-order valence-corrected chi connectivity index (χ3v) is 4.66. The predicted molar refractivity (Wildman–Crippen MR) is 88.8 cm³/mol. The smallest absolute Gasteiger partial charge is 0.433 e. The largest absolute Gasteiger partial charge is 0.486 e. The quantitative estimate of drug-likeness (QED) is 0.701. The molecule has 3 aromatic rings. The third kappa shape index (κ3) is 3.01. The maximum absolute atomic E-state index is 12.9. The summed E-state index contributed by atoms with van der Waals surface area (Å²) in [5.41, 5.74) is 0.683. The summed E-state index contributed by atoms with van der Waals surface area (Å²) in [5, 5.41) is 9.74. The SMILES string of the molecule is Cc1oc2ccc(OC3CCc4cnc(C(F)(F)F)cc43)cc2c1C(=O)O. The van der Waals surface area contributed by atoms with Crippen molar-refractivity contribution in [1.29, 1.82) is 0 Å².